The Kier molecular flexibility index (Phi) is 5.32. The minimum atomic E-state index is -4.30. The highest BCUT2D eigenvalue weighted by molar-refractivity contribution is 6.22. The van der Waals surface area contributed by atoms with Gasteiger partial charge in [0.15, 0.2) is 0 Å². The maximum atomic E-state index is 12.4. The Bertz CT molecular complexity index is 372. The van der Waals surface area contributed by atoms with Crippen molar-refractivity contribution in [3.63, 3.8) is 0 Å². The summed E-state index contributed by atoms with van der Waals surface area (Å²) >= 11 is 11.5. The van der Waals surface area contributed by atoms with Gasteiger partial charge in [-0.15, -0.1) is 23.2 Å². The van der Waals surface area contributed by atoms with E-state index in [0.717, 1.165) is 17.7 Å². The lowest BCUT2D eigenvalue weighted by Gasteiger charge is -2.26. The lowest BCUT2D eigenvalue weighted by molar-refractivity contribution is -0.137. The van der Waals surface area contributed by atoms with E-state index < -0.39 is 17.3 Å². The number of alkyl halides is 5. The Morgan fingerprint density at radius 3 is 1.94 bits per heavy atom. The molecule has 0 bridgehead atoms. The van der Waals surface area contributed by atoms with Gasteiger partial charge in [0.25, 0.3) is 0 Å². The van der Waals surface area contributed by atoms with E-state index in [-0.39, 0.29) is 0 Å². The van der Waals surface area contributed by atoms with Crippen molar-refractivity contribution in [2.75, 3.05) is 11.8 Å². The zero-order valence-electron chi connectivity index (χ0n) is 9.82. The second kappa shape index (κ2) is 6.13. The molecular weight excluding hydrogens is 286 g/mol. The summed E-state index contributed by atoms with van der Waals surface area (Å²) in [7, 11) is 0. The van der Waals surface area contributed by atoms with Crippen LogP contribution in [0.2, 0.25) is 0 Å². The van der Waals surface area contributed by atoms with E-state index in [0.29, 0.717) is 18.3 Å². The molecule has 0 amide bonds. The van der Waals surface area contributed by atoms with Gasteiger partial charge in [-0.25, -0.2) is 0 Å². The first-order chi connectivity index (χ1) is 8.30. The first-order valence-corrected chi connectivity index (χ1v) is 6.41. The number of hydrogen-bond donors (Lipinski definition) is 1. The van der Waals surface area contributed by atoms with Crippen LogP contribution in [0, 0.1) is 0 Å². The fourth-order valence-electron chi connectivity index (χ4n) is 1.26. The average Bonchev–Trinajstić information content (AvgIpc) is 2.35. The van der Waals surface area contributed by atoms with Crippen molar-refractivity contribution in [1.82, 2.24) is 5.32 Å². The number of nitrogens with one attached hydrogen (secondary N) is 1. The normalized spacial score (nSPS) is 12.8. The largest absolute Gasteiger partial charge is 0.416 e. The Morgan fingerprint density at radius 2 is 1.56 bits per heavy atom. The average molecular weight is 300 g/mol. The van der Waals surface area contributed by atoms with Crippen LogP contribution in [-0.4, -0.2) is 17.3 Å². The Hall–Kier alpha value is -0.450. The van der Waals surface area contributed by atoms with Crippen LogP contribution in [0.15, 0.2) is 24.3 Å². The van der Waals surface area contributed by atoms with Gasteiger partial charge in [0.05, 0.1) is 5.56 Å². The number of halogens is 5. The van der Waals surface area contributed by atoms with E-state index in [1.165, 1.54) is 12.1 Å². The van der Waals surface area contributed by atoms with Gasteiger partial charge >= 0.3 is 6.18 Å². The van der Waals surface area contributed by atoms with E-state index in [4.69, 9.17) is 23.2 Å². The van der Waals surface area contributed by atoms with Gasteiger partial charge in [-0.1, -0.05) is 12.1 Å². The molecule has 1 N–H and O–H groups in total. The quantitative estimate of drug-likeness (QED) is 0.810. The third-order valence-electron chi connectivity index (χ3n) is 2.59. The third kappa shape index (κ3) is 4.34. The summed E-state index contributed by atoms with van der Waals surface area (Å²) in [6, 6.07) is 5.02. The van der Waals surface area contributed by atoms with E-state index in [9.17, 15) is 13.2 Å². The Balaban J connectivity index is 2.65. The maximum Gasteiger partial charge on any atom is 0.416 e. The predicted molar refractivity (Wildman–Crippen MR) is 68.1 cm³/mol. The van der Waals surface area contributed by atoms with Crippen LogP contribution in [0.1, 0.15) is 18.1 Å². The highest BCUT2D eigenvalue weighted by Crippen LogP contribution is 2.29. The number of hydrogen-bond acceptors (Lipinski definition) is 1. The van der Waals surface area contributed by atoms with Crippen molar-refractivity contribution >= 4 is 23.2 Å². The molecule has 0 aliphatic heterocycles. The molecule has 0 fully saturated rings. The summed E-state index contributed by atoms with van der Waals surface area (Å²) in [5.41, 5.74) is -0.320. The van der Waals surface area contributed by atoms with Gasteiger partial charge in [0.1, 0.15) is 0 Å². The molecule has 0 aliphatic carbocycles. The van der Waals surface area contributed by atoms with Gasteiger partial charge in [-0.2, -0.15) is 13.2 Å². The molecule has 0 atom stereocenters. The molecule has 0 spiro atoms. The molecule has 0 radical (unpaired) electrons. The van der Waals surface area contributed by atoms with Crippen molar-refractivity contribution < 1.29 is 13.2 Å². The standard InChI is InChI=1S/C12H14Cl2F3N/c1-11(7-13,8-14)18-6-9-2-4-10(5-3-9)12(15,16)17/h2-5,18H,6-8H2,1H3. The summed E-state index contributed by atoms with van der Waals surface area (Å²) in [6.07, 6.45) is -4.30. The van der Waals surface area contributed by atoms with Crippen molar-refractivity contribution in [3.8, 4) is 0 Å². The second-order valence-corrected chi connectivity index (χ2v) is 4.91. The van der Waals surface area contributed by atoms with Gasteiger partial charge in [0, 0.05) is 23.8 Å². The van der Waals surface area contributed by atoms with Crippen molar-refractivity contribution in [2.24, 2.45) is 0 Å². The minimum Gasteiger partial charge on any atom is -0.305 e. The molecule has 1 aromatic carbocycles. The lowest BCUT2D eigenvalue weighted by atomic mass is 10.1. The monoisotopic (exact) mass is 299 g/mol. The van der Waals surface area contributed by atoms with Gasteiger partial charge < -0.3 is 5.32 Å². The molecule has 0 aliphatic rings. The van der Waals surface area contributed by atoms with Crippen molar-refractivity contribution in [1.29, 1.82) is 0 Å². The first-order valence-electron chi connectivity index (χ1n) is 5.34. The van der Waals surface area contributed by atoms with E-state index >= 15 is 0 Å². The van der Waals surface area contributed by atoms with Crippen LogP contribution in [0.3, 0.4) is 0 Å². The first kappa shape index (κ1) is 15.6. The highest BCUT2D eigenvalue weighted by atomic mass is 35.5. The molecule has 0 heterocycles. The summed E-state index contributed by atoms with van der Waals surface area (Å²) in [5, 5.41) is 3.12. The summed E-state index contributed by atoms with van der Waals surface area (Å²) < 4.78 is 37.1. The van der Waals surface area contributed by atoms with Gasteiger partial charge in [0.2, 0.25) is 0 Å². The van der Waals surface area contributed by atoms with Crippen LogP contribution in [0.25, 0.3) is 0 Å². The van der Waals surface area contributed by atoms with Crippen molar-refractivity contribution in [3.05, 3.63) is 35.4 Å². The molecule has 0 aromatic heterocycles. The smallest absolute Gasteiger partial charge is 0.305 e. The molecule has 1 rings (SSSR count). The molecule has 102 valence electrons. The summed E-state index contributed by atoms with van der Waals surface area (Å²) in [5.74, 6) is 0.661. The maximum absolute atomic E-state index is 12.4. The Labute approximate surface area is 114 Å². The van der Waals surface area contributed by atoms with E-state index in [2.05, 4.69) is 5.32 Å². The van der Waals surface area contributed by atoms with Gasteiger partial charge in [-0.3, -0.25) is 0 Å². The van der Waals surface area contributed by atoms with Crippen LogP contribution in [0.4, 0.5) is 13.2 Å². The number of rotatable bonds is 5. The summed E-state index contributed by atoms with van der Waals surface area (Å²) in [6.45, 7) is 2.28. The molecule has 1 aromatic rings. The SMILES string of the molecule is CC(CCl)(CCl)NCc1ccc(C(F)(F)F)cc1. The second-order valence-electron chi connectivity index (χ2n) is 4.38. The fourth-order valence-corrected chi connectivity index (χ4v) is 1.73. The van der Waals surface area contributed by atoms with Gasteiger partial charge in [-0.05, 0) is 24.6 Å². The van der Waals surface area contributed by atoms with E-state index in [1.54, 1.807) is 0 Å². The van der Waals surface area contributed by atoms with Crippen LogP contribution in [0.5, 0.6) is 0 Å². The van der Waals surface area contributed by atoms with Crippen LogP contribution < -0.4 is 5.32 Å². The lowest BCUT2D eigenvalue weighted by Crippen LogP contribution is -2.45. The highest BCUT2D eigenvalue weighted by Gasteiger charge is 2.30. The van der Waals surface area contributed by atoms with Crippen LogP contribution in [-0.2, 0) is 12.7 Å². The summed E-state index contributed by atoms with van der Waals surface area (Å²) in [4.78, 5) is 0. The topological polar surface area (TPSA) is 12.0 Å². The predicted octanol–water partition coefficient (Wildman–Crippen LogP) is 4.03. The molecule has 0 unspecified atom stereocenters. The number of benzene rings is 1. The zero-order chi connectivity index (χ0) is 13.8. The molecule has 0 saturated heterocycles. The molecule has 1 nitrogen and oxygen atoms in total. The molecule has 18 heavy (non-hydrogen) atoms. The Morgan fingerprint density at radius 1 is 1.06 bits per heavy atom. The third-order valence-corrected chi connectivity index (χ3v) is 3.77. The molecule has 6 heteroatoms. The zero-order valence-corrected chi connectivity index (χ0v) is 11.3. The minimum absolute atomic E-state index is 0.330. The van der Waals surface area contributed by atoms with E-state index in [1.807, 2.05) is 6.92 Å². The molecule has 0 saturated carbocycles. The van der Waals surface area contributed by atoms with Crippen LogP contribution >= 0.6 is 23.2 Å². The molecular formula is C12H14Cl2F3N. The fraction of sp³-hybridized carbons (Fsp3) is 0.500. The van der Waals surface area contributed by atoms with Crippen molar-refractivity contribution in [2.45, 2.75) is 25.2 Å².